The summed E-state index contributed by atoms with van der Waals surface area (Å²) in [6, 6.07) is 8.05. The number of thioether (sulfide) groups is 1. The SMILES string of the molecule is CC[C@H](C)c1ccc(NC(=O)CSc2nncs2)cc1. The van der Waals surface area contributed by atoms with E-state index in [1.165, 1.54) is 28.7 Å². The minimum atomic E-state index is -0.0264. The molecular weight excluding hydrogens is 290 g/mol. The summed E-state index contributed by atoms with van der Waals surface area (Å²) < 4.78 is 0.812. The van der Waals surface area contributed by atoms with Gasteiger partial charge in [-0.3, -0.25) is 4.79 Å². The Kier molecular flexibility index (Phi) is 5.55. The Hall–Kier alpha value is -1.40. The highest BCUT2D eigenvalue weighted by atomic mass is 32.2. The maximum Gasteiger partial charge on any atom is 0.234 e. The summed E-state index contributed by atoms with van der Waals surface area (Å²) in [6.07, 6.45) is 1.12. The molecule has 0 bridgehead atoms. The minimum Gasteiger partial charge on any atom is -0.325 e. The van der Waals surface area contributed by atoms with E-state index in [9.17, 15) is 4.79 Å². The van der Waals surface area contributed by atoms with Gasteiger partial charge >= 0.3 is 0 Å². The first-order valence-electron chi connectivity index (χ1n) is 6.47. The largest absolute Gasteiger partial charge is 0.325 e. The molecule has 0 radical (unpaired) electrons. The van der Waals surface area contributed by atoms with Crippen molar-refractivity contribution in [2.75, 3.05) is 11.1 Å². The first-order chi connectivity index (χ1) is 9.69. The van der Waals surface area contributed by atoms with Gasteiger partial charge in [0.2, 0.25) is 5.91 Å². The lowest BCUT2D eigenvalue weighted by molar-refractivity contribution is -0.113. The van der Waals surface area contributed by atoms with Crippen LogP contribution in [0.5, 0.6) is 0 Å². The first kappa shape index (κ1) is 15.0. The molecule has 2 rings (SSSR count). The van der Waals surface area contributed by atoms with Crippen molar-refractivity contribution in [2.24, 2.45) is 0 Å². The standard InChI is InChI=1S/C14H17N3OS2/c1-3-10(2)11-4-6-12(7-5-11)16-13(18)8-19-14-17-15-9-20-14/h4-7,9-10H,3,8H2,1-2H3,(H,16,18)/t10-/m0/s1. The van der Waals surface area contributed by atoms with Crippen LogP contribution in [0.4, 0.5) is 5.69 Å². The molecule has 4 nitrogen and oxygen atoms in total. The molecule has 1 N–H and O–H groups in total. The van der Waals surface area contributed by atoms with Crippen LogP contribution < -0.4 is 5.32 Å². The molecule has 0 aliphatic heterocycles. The van der Waals surface area contributed by atoms with Crippen LogP contribution >= 0.6 is 23.1 Å². The molecule has 1 aromatic carbocycles. The second-order valence-corrected chi connectivity index (χ2v) is 6.53. The maximum atomic E-state index is 11.8. The summed E-state index contributed by atoms with van der Waals surface area (Å²) in [5, 5.41) is 10.5. The lowest BCUT2D eigenvalue weighted by Crippen LogP contribution is -2.13. The molecule has 0 aliphatic carbocycles. The van der Waals surface area contributed by atoms with Crippen LogP contribution in [0.2, 0.25) is 0 Å². The molecule has 20 heavy (non-hydrogen) atoms. The molecule has 1 amide bonds. The molecule has 0 fully saturated rings. The van der Waals surface area contributed by atoms with E-state index in [0.717, 1.165) is 16.4 Å². The highest BCUT2D eigenvalue weighted by Crippen LogP contribution is 2.21. The number of benzene rings is 1. The minimum absolute atomic E-state index is 0.0264. The van der Waals surface area contributed by atoms with Crippen LogP contribution in [0.15, 0.2) is 34.1 Å². The van der Waals surface area contributed by atoms with Crippen molar-refractivity contribution in [3.05, 3.63) is 35.3 Å². The number of nitrogens with one attached hydrogen (secondary N) is 1. The van der Waals surface area contributed by atoms with Crippen molar-refractivity contribution in [2.45, 2.75) is 30.5 Å². The molecular formula is C14H17N3OS2. The number of hydrogen-bond acceptors (Lipinski definition) is 5. The van der Waals surface area contributed by atoms with Crippen molar-refractivity contribution in [1.29, 1.82) is 0 Å². The second kappa shape index (κ2) is 7.40. The number of nitrogens with zero attached hydrogens (tertiary/aromatic N) is 2. The quantitative estimate of drug-likeness (QED) is 0.825. The predicted molar refractivity (Wildman–Crippen MR) is 84.4 cm³/mol. The summed E-state index contributed by atoms with van der Waals surface area (Å²) in [4.78, 5) is 11.8. The molecule has 1 aromatic heterocycles. The third-order valence-electron chi connectivity index (χ3n) is 3.04. The van der Waals surface area contributed by atoms with Crippen LogP contribution in [0.1, 0.15) is 31.7 Å². The molecule has 0 aliphatic rings. The molecule has 0 saturated heterocycles. The van der Waals surface area contributed by atoms with Gasteiger partial charge in [-0.15, -0.1) is 10.2 Å². The topological polar surface area (TPSA) is 54.9 Å². The number of rotatable bonds is 6. The van der Waals surface area contributed by atoms with Crippen LogP contribution in [-0.4, -0.2) is 21.9 Å². The van der Waals surface area contributed by atoms with Crippen LogP contribution in [0.25, 0.3) is 0 Å². The molecule has 6 heteroatoms. The van der Waals surface area contributed by atoms with E-state index in [0.29, 0.717) is 11.7 Å². The molecule has 1 heterocycles. The van der Waals surface area contributed by atoms with E-state index in [1.807, 2.05) is 12.1 Å². The predicted octanol–water partition coefficient (Wildman–Crippen LogP) is 3.78. The van der Waals surface area contributed by atoms with Crippen molar-refractivity contribution in [3.8, 4) is 0 Å². The Morgan fingerprint density at radius 1 is 1.40 bits per heavy atom. The van der Waals surface area contributed by atoms with Gasteiger partial charge in [-0.05, 0) is 30.0 Å². The van der Waals surface area contributed by atoms with E-state index in [-0.39, 0.29) is 5.91 Å². The third kappa shape index (κ3) is 4.31. The lowest BCUT2D eigenvalue weighted by Gasteiger charge is -2.10. The first-order valence-corrected chi connectivity index (χ1v) is 8.34. The number of hydrogen-bond donors (Lipinski definition) is 1. The number of aromatic nitrogens is 2. The third-order valence-corrected chi connectivity index (χ3v) is 4.90. The smallest absolute Gasteiger partial charge is 0.234 e. The van der Waals surface area contributed by atoms with E-state index >= 15 is 0 Å². The molecule has 0 unspecified atom stereocenters. The normalized spacial score (nSPS) is 12.1. The zero-order valence-electron chi connectivity index (χ0n) is 11.5. The fourth-order valence-electron chi connectivity index (χ4n) is 1.68. The Balaban J connectivity index is 1.84. The molecule has 0 saturated carbocycles. The Morgan fingerprint density at radius 2 is 2.15 bits per heavy atom. The summed E-state index contributed by atoms with van der Waals surface area (Å²) in [6.45, 7) is 4.37. The van der Waals surface area contributed by atoms with Gasteiger partial charge in [-0.1, -0.05) is 49.1 Å². The zero-order valence-corrected chi connectivity index (χ0v) is 13.1. The van der Waals surface area contributed by atoms with Crippen molar-refractivity contribution in [1.82, 2.24) is 10.2 Å². The molecule has 1 atom stereocenters. The average molecular weight is 307 g/mol. The summed E-state index contributed by atoms with van der Waals surface area (Å²) in [5.74, 6) is 0.872. The fraction of sp³-hybridized carbons (Fsp3) is 0.357. The van der Waals surface area contributed by atoms with E-state index in [1.54, 1.807) is 5.51 Å². The Bertz CT molecular complexity index is 540. The van der Waals surface area contributed by atoms with E-state index < -0.39 is 0 Å². The van der Waals surface area contributed by atoms with Crippen LogP contribution in [-0.2, 0) is 4.79 Å². The molecule has 106 valence electrons. The van der Waals surface area contributed by atoms with Gasteiger partial charge < -0.3 is 5.32 Å². The van der Waals surface area contributed by atoms with Gasteiger partial charge in [-0.25, -0.2) is 0 Å². The number of carbonyl (C=O) groups is 1. The highest BCUT2D eigenvalue weighted by Gasteiger charge is 2.07. The Labute approximate surface area is 127 Å². The fourth-order valence-corrected chi connectivity index (χ4v) is 2.97. The molecule has 0 spiro atoms. The highest BCUT2D eigenvalue weighted by molar-refractivity contribution is 8.01. The monoisotopic (exact) mass is 307 g/mol. The maximum absolute atomic E-state index is 11.8. The van der Waals surface area contributed by atoms with Crippen molar-refractivity contribution in [3.63, 3.8) is 0 Å². The lowest BCUT2D eigenvalue weighted by atomic mass is 9.99. The van der Waals surface area contributed by atoms with Crippen molar-refractivity contribution >= 4 is 34.7 Å². The van der Waals surface area contributed by atoms with Gasteiger partial charge in [0, 0.05) is 5.69 Å². The number of amides is 1. The van der Waals surface area contributed by atoms with E-state index in [4.69, 9.17) is 0 Å². The van der Waals surface area contributed by atoms with E-state index in [2.05, 4.69) is 41.5 Å². The van der Waals surface area contributed by atoms with Gasteiger partial charge in [-0.2, -0.15) is 0 Å². The summed E-state index contributed by atoms with van der Waals surface area (Å²) in [5.41, 5.74) is 3.79. The van der Waals surface area contributed by atoms with Gasteiger partial charge in [0.05, 0.1) is 5.75 Å². The van der Waals surface area contributed by atoms with Crippen molar-refractivity contribution < 1.29 is 4.79 Å². The van der Waals surface area contributed by atoms with Gasteiger partial charge in [0.25, 0.3) is 0 Å². The molecule has 2 aromatic rings. The van der Waals surface area contributed by atoms with Crippen LogP contribution in [0, 0.1) is 0 Å². The number of anilines is 1. The summed E-state index contributed by atoms with van der Waals surface area (Å²) in [7, 11) is 0. The number of carbonyl (C=O) groups excluding carboxylic acids is 1. The average Bonchev–Trinajstić information content (AvgIpc) is 2.98. The Morgan fingerprint density at radius 3 is 2.75 bits per heavy atom. The van der Waals surface area contributed by atoms with Crippen LogP contribution in [0.3, 0.4) is 0 Å². The second-order valence-electron chi connectivity index (χ2n) is 4.47. The van der Waals surface area contributed by atoms with Gasteiger partial charge in [0.1, 0.15) is 5.51 Å². The summed E-state index contributed by atoms with van der Waals surface area (Å²) >= 11 is 2.84. The van der Waals surface area contributed by atoms with Gasteiger partial charge in [0.15, 0.2) is 4.34 Å². The zero-order chi connectivity index (χ0) is 14.4.